The Hall–Kier alpha value is -1.82. The molecular formula is C15H20N2O. The lowest BCUT2D eigenvalue weighted by Crippen LogP contribution is -2.30. The highest BCUT2D eigenvalue weighted by Crippen LogP contribution is 2.09. The Morgan fingerprint density at radius 2 is 1.89 bits per heavy atom. The summed E-state index contributed by atoms with van der Waals surface area (Å²) in [6, 6.07) is 9.52. The van der Waals surface area contributed by atoms with Crippen LogP contribution in [0.3, 0.4) is 0 Å². The van der Waals surface area contributed by atoms with Crippen LogP contribution >= 0.6 is 0 Å². The zero-order valence-electron chi connectivity index (χ0n) is 11.1. The summed E-state index contributed by atoms with van der Waals surface area (Å²) in [5.74, 6) is 0.212. The predicted molar refractivity (Wildman–Crippen MR) is 71.8 cm³/mol. The molecule has 0 unspecified atom stereocenters. The van der Waals surface area contributed by atoms with E-state index in [-0.39, 0.29) is 5.91 Å². The third-order valence-electron chi connectivity index (χ3n) is 2.77. The molecule has 0 aliphatic heterocycles. The largest absolute Gasteiger partial charge is 0.338 e. The molecule has 1 aromatic carbocycles. The Labute approximate surface area is 109 Å². The first kappa shape index (κ1) is 14.2. The molecule has 18 heavy (non-hydrogen) atoms. The molecule has 0 saturated heterocycles. The zero-order chi connectivity index (χ0) is 13.4. The lowest BCUT2D eigenvalue weighted by molar-refractivity contribution is -0.131. The molecule has 1 amide bonds. The van der Waals surface area contributed by atoms with Gasteiger partial charge >= 0.3 is 0 Å². The SMILES string of the molecule is CCCC(=O)N(CCC)Cc1ccc(C#N)cc1. The molecule has 0 radical (unpaired) electrons. The summed E-state index contributed by atoms with van der Waals surface area (Å²) < 4.78 is 0. The molecule has 0 aromatic heterocycles. The normalized spacial score (nSPS) is 9.83. The van der Waals surface area contributed by atoms with Crippen molar-refractivity contribution in [2.24, 2.45) is 0 Å². The van der Waals surface area contributed by atoms with Gasteiger partial charge in [0.05, 0.1) is 11.6 Å². The molecule has 1 rings (SSSR count). The topological polar surface area (TPSA) is 44.1 Å². The van der Waals surface area contributed by atoms with E-state index in [1.54, 1.807) is 12.1 Å². The Balaban J connectivity index is 2.70. The fourth-order valence-electron chi connectivity index (χ4n) is 1.84. The third kappa shape index (κ3) is 4.21. The van der Waals surface area contributed by atoms with Crippen molar-refractivity contribution >= 4 is 5.91 Å². The smallest absolute Gasteiger partial charge is 0.222 e. The molecule has 0 spiro atoms. The van der Waals surface area contributed by atoms with Crippen molar-refractivity contribution in [3.8, 4) is 6.07 Å². The van der Waals surface area contributed by atoms with Crippen molar-refractivity contribution in [1.82, 2.24) is 4.90 Å². The molecule has 0 heterocycles. The van der Waals surface area contributed by atoms with E-state index in [2.05, 4.69) is 13.0 Å². The number of nitrogens with zero attached hydrogens (tertiary/aromatic N) is 2. The minimum absolute atomic E-state index is 0.212. The van der Waals surface area contributed by atoms with Gasteiger partial charge in [-0.15, -0.1) is 0 Å². The molecule has 0 aliphatic rings. The van der Waals surface area contributed by atoms with Crippen molar-refractivity contribution in [1.29, 1.82) is 5.26 Å². The molecule has 3 nitrogen and oxygen atoms in total. The van der Waals surface area contributed by atoms with E-state index in [0.29, 0.717) is 18.5 Å². The quantitative estimate of drug-likeness (QED) is 0.771. The van der Waals surface area contributed by atoms with Gasteiger partial charge < -0.3 is 4.90 Å². The van der Waals surface area contributed by atoms with Crippen LogP contribution in [0.2, 0.25) is 0 Å². The van der Waals surface area contributed by atoms with Crippen LogP contribution in [0.15, 0.2) is 24.3 Å². The highest BCUT2D eigenvalue weighted by Gasteiger charge is 2.11. The number of nitriles is 1. The maximum absolute atomic E-state index is 11.9. The van der Waals surface area contributed by atoms with E-state index < -0.39 is 0 Å². The number of carbonyl (C=O) groups excluding carboxylic acids is 1. The first-order chi connectivity index (χ1) is 8.71. The minimum atomic E-state index is 0.212. The number of amides is 1. The van der Waals surface area contributed by atoms with Crippen LogP contribution in [0.1, 0.15) is 44.2 Å². The molecule has 0 saturated carbocycles. The number of hydrogen-bond donors (Lipinski definition) is 0. The van der Waals surface area contributed by atoms with Gasteiger partial charge in [0.15, 0.2) is 0 Å². The van der Waals surface area contributed by atoms with E-state index in [9.17, 15) is 4.79 Å². The molecule has 0 fully saturated rings. The summed E-state index contributed by atoms with van der Waals surface area (Å²) in [6.45, 7) is 5.52. The van der Waals surface area contributed by atoms with Gasteiger partial charge in [-0.05, 0) is 30.5 Å². The maximum Gasteiger partial charge on any atom is 0.222 e. The van der Waals surface area contributed by atoms with Crippen molar-refractivity contribution in [3.63, 3.8) is 0 Å². The van der Waals surface area contributed by atoms with Crippen LogP contribution in [0, 0.1) is 11.3 Å². The Morgan fingerprint density at radius 1 is 1.22 bits per heavy atom. The van der Waals surface area contributed by atoms with Crippen LogP contribution in [0.4, 0.5) is 0 Å². The minimum Gasteiger partial charge on any atom is -0.338 e. The molecule has 3 heteroatoms. The molecule has 0 bridgehead atoms. The molecule has 1 aromatic rings. The first-order valence-electron chi connectivity index (χ1n) is 6.48. The van der Waals surface area contributed by atoms with Gasteiger partial charge in [-0.3, -0.25) is 4.79 Å². The summed E-state index contributed by atoms with van der Waals surface area (Å²) in [5, 5.41) is 8.74. The maximum atomic E-state index is 11.9. The highest BCUT2D eigenvalue weighted by molar-refractivity contribution is 5.76. The second-order valence-corrected chi connectivity index (χ2v) is 4.37. The Bertz CT molecular complexity index is 417. The number of hydrogen-bond acceptors (Lipinski definition) is 2. The van der Waals surface area contributed by atoms with Gasteiger partial charge in [0.1, 0.15) is 0 Å². The van der Waals surface area contributed by atoms with Gasteiger partial charge in [-0.25, -0.2) is 0 Å². The Morgan fingerprint density at radius 3 is 2.39 bits per heavy atom. The van der Waals surface area contributed by atoms with E-state index in [4.69, 9.17) is 5.26 Å². The standard InChI is InChI=1S/C15H20N2O/c1-3-5-15(18)17(10-4-2)12-14-8-6-13(11-16)7-9-14/h6-9H,3-5,10,12H2,1-2H3. The molecule has 0 aliphatic carbocycles. The lowest BCUT2D eigenvalue weighted by Gasteiger charge is -2.22. The fourth-order valence-corrected chi connectivity index (χ4v) is 1.84. The van der Waals surface area contributed by atoms with E-state index in [0.717, 1.165) is 24.9 Å². The summed E-state index contributed by atoms with van der Waals surface area (Å²) in [5.41, 5.74) is 1.73. The zero-order valence-corrected chi connectivity index (χ0v) is 11.1. The van der Waals surface area contributed by atoms with Crippen molar-refractivity contribution in [3.05, 3.63) is 35.4 Å². The van der Waals surface area contributed by atoms with Gasteiger partial charge in [-0.2, -0.15) is 5.26 Å². The lowest BCUT2D eigenvalue weighted by atomic mass is 10.1. The van der Waals surface area contributed by atoms with Crippen molar-refractivity contribution in [2.45, 2.75) is 39.7 Å². The van der Waals surface area contributed by atoms with E-state index in [1.807, 2.05) is 24.0 Å². The van der Waals surface area contributed by atoms with Gasteiger partial charge in [0.2, 0.25) is 5.91 Å². The third-order valence-corrected chi connectivity index (χ3v) is 2.77. The number of rotatable bonds is 6. The number of benzene rings is 1. The fraction of sp³-hybridized carbons (Fsp3) is 0.467. The molecule has 0 N–H and O–H groups in total. The summed E-state index contributed by atoms with van der Waals surface area (Å²) >= 11 is 0. The van der Waals surface area contributed by atoms with E-state index in [1.165, 1.54) is 0 Å². The van der Waals surface area contributed by atoms with Crippen molar-refractivity contribution < 1.29 is 4.79 Å². The van der Waals surface area contributed by atoms with Gasteiger partial charge in [0, 0.05) is 19.5 Å². The van der Waals surface area contributed by atoms with Crippen LogP contribution < -0.4 is 0 Å². The molecule has 96 valence electrons. The summed E-state index contributed by atoms with van der Waals surface area (Å²) in [7, 11) is 0. The average molecular weight is 244 g/mol. The highest BCUT2D eigenvalue weighted by atomic mass is 16.2. The first-order valence-corrected chi connectivity index (χ1v) is 6.48. The van der Waals surface area contributed by atoms with Crippen LogP contribution in [0.25, 0.3) is 0 Å². The second-order valence-electron chi connectivity index (χ2n) is 4.37. The monoisotopic (exact) mass is 244 g/mol. The van der Waals surface area contributed by atoms with Gasteiger partial charge in [-0.1, -0.05) is 26.0 Å². The van der Waals surface area contributed by atoms with E-state index >= 15 is 0 Å². The second kappa shape index (κ2) is 7.50. The molecular weight excluding hydrogens is 224 g/mol. The average Bonchev–Trinajstić information content (AvgIpc) is 2.39. The van der Waals surface area contributed by atoms with Crippen molar-refractivity contribution in [2.75, 3.05) is 6.54 Å². The molecule has 0 atom stereocenters. The summed E-state index contributed by atoms with van der Waals surface area (Å²) in [4.78, 5) is 13.8. The predicted octanol–water partition coefficient (Wildman–Crippen LogP) is 3.10. The van der Waals surface area contributed by atoms with Crippen LogP contribution in [0.5, 0.6) is 0 Å². The van der Waals surface area contributed by atoms with Crippen LogP contribution in [-0.2, 0) is 11.3 Å². The van der Waals surface area contributed by atoms with Crippen LogP contribution in [-0.4, -0.2) is 17.4 Å². The summed E-state index contributed by atoms with van der Waals surface area (Å²) in [6.07, 6.45) is 2.45. The van der Waals surface area contributed by atoms with Gasteiger partial charge in [0.25, 0.3) is 0 Å². The Kier molecular flexibility index (Phi) is 5.93. The number of carbonyl (C=O) groups is 1.